The normalized spacial score (nSPS) is 10.9. The van der Waals surface area contributed by atoms with E-state index in [9.17, 15) is 20.3 Å². The predicted molar refractivity (Wildman–Crippen MR) is 72.6 cm³/mol. The van der Waals surface area contributed by atoms with Crippen molar-refractivity contribution in [1.82, 2.24) is 4.68 Å². The molecule has 0 saturated heterocycles. The maximum Gasteiger partial charge on any atom is 0.311 e. The van der Waals surface area contributed by atoms with Gasteiger partial charge < -0.3 is 10.2 Å². The number of phenolic OH excluding ortho intramolecular Hbond substituents is 1. The van der Waals surface area contributed by atoms with Crippen LogP contribution in [0.5, 0.6) is 11.6 Å². The highest BCUT2D eigenvalue weighted by atomic mass is 32.1. The van der Waals surface area contributed by atoms with E-state index in [1.807, 2.05) is 0 Å². The summed E-state index contributed by atoms with van der Waals surface area (Å²) in [6.07, 6.45) is 1.30. The van der Waals surface area contributed by atoms with E-state index in [1.165, 1.54) is 29.8 Å². The molecule has 1 heterocycles. The molecule has 1 aromatic carbocycles. The zero-order valence-corrected chi connectivity index (χ0v) is 10.9. The summed E-state index contributed by atoms with van der Waals surface area (Å²) < 4.78 is 1.47. The van der Waals surface area contributed by atoms with Gasteiger partial charge in [-0.2, -0.15) is 9.78 Å². The SMILES string of the molecule is O=[N+]([O-])c1cc(/C=N/n2c(O)csc2=S)ccc1O. The van der Waals surface area contributed by atoms with Gasteiger partial charge in [-0.3, -0.25) is 10.1 Å². The largest absolute Gasteiger partial charge is 0.502 e. The van der Waals surface area contributed by atoms with Gasteiger partial charge in [-0.05, 0) is 24.4 Å². The molecule has 2 N–H and O–H groups in total. The average molecular weight is 297 g/mol. The van der Waals surface area contributed by atoms with Crippen LogP contribution in [0.15, 0.2) is 28.7 Å². The first-order valence-corrected chi connectivity index (χ1v) is 6.19. The van der Waals surface area contributed by atoms with Gasteiger partial charge in [-0.25, -0.2) is 0 Å². The van der Waals surface area contributed by atoms with Crippen LogP contribution < -0.4 is 0 Å². The fourth-order valence-electron chi connectivity index (χ4n) is 1.29. The number of thiazole rings is 1. The number of aromatic nitrogens is 1. The fraction of sp³-hybridized carbons (Fsp3) is 0. The lowest BCUT2D eigenvalue weighted by atomic mass is 10.2. The van der Waals surface area contributed by atoms with Crippen LogP contribution in [0, 0.1) is 14.1 Å². The Labute approximate surface area is 115 Å². The van der Waals surface area contributed by atoms with Crippen LogP contribution in [0.3, 0.4) is 0 Å². The molecule has 0 amide bonds. The Morgan fingerprint density at radius 2 is 2.21 bits per heavy atom. The van der Waals surface area contributed by atoms with Gasteiger partial charge in [0.2, 0.25) is 5.88 Å². The Bertz CT molecular complexity index is 720. The Balaban J connectivity index is 2.37. The number of aromatic hydroxyl groups is 2. The zero-order valence-electron chi connectivity index (χ0n) is 9.26. The first-order chi connectivity index (χ1) is 8.99. The molecule has 7 nitrogen and oxygen atoms in total. The Hall–Kier alpha value is -2.26. The number of hydrogen-bond acceptors (Lipinski definition) is 7. The molecule has 2 rings (SSSR count). The molecule has 19 heavy (non-hydrogen) atoms. The van der Waals surface area contributed by atoms with Crippen LogP contribution >= 0.6 is 23.6 Å². The Kier molecular flexibility index (Phi) is 3.58. The van der Waals surface area contributed by atoms with Gasteiger partial charge in [0, 0.05) is 11.6 Å². The number of nitro groups is 1. The molecule has 0 aliphatic rings. The van der Waals surface area contributed by atoms with Gasteiger partial charge in [-0.1, -0.05) is 0 Å². The quantitative estimate of drug-likeness (QED) is 0.392. The topological polar surface area (TPSA) is 101 Å². The second-order valence-corrected chi connectivity index (χ2v) is 4.92. The van der Waals surface area contributed by atoms with Crippen molar-refractivity contribution >= 4 is 35.5 Å². The molecule has 1 aromatic heterocycles. The van der Waals surface area contributed by atoms with Crippen LogP contribution in [0.1, 0.15) is 5.56 Å². The maximum atomic E-state index is 10.7. The smallest absolute Gasteiger partial charge is 0.311 e. The van der Waals surface area contributed by atoms with Crippen LogP contribution in [-0.4, -0.2) is 26.0 Å². The van der Waals surface area contributed by atoms with Gasteiger partial charge in [0.05, 0.1) is 16.5 Å². The van der Waals surface area contributed by atoms with Gasteiger partial charge in [0.15, 0.2) is 9.70 Å². The lowest BCUT2D eigenvalue weighted by Gasteiger charge is -1.98. The predicted octanol–water partition coefficient (Wildman–Crippen LogP) is 2.48. The van der Waals surface area contributed by atoms with E-state index in [0.29, 0.717) is 9.52 Å². The van der Waals surface area contributed by atoms with Gasteiger partial charge >= 0.3 is 5.69 Å². The first kappa shape index (κ1) is 13.2. The van der Waals surface area contributed by atoms with Gasteiger partial charge in [0.1, 0.15) is 0 Å². The molecule has 0 aliphatic heterocycles. The molecule has 0 unspecified atom stereocenters. The molecule has 9 heteroatoms. The third-order valence-electron chi connectivity index (χ3n) is 2.17. The summed E-state index contributed by atoms with van der Waals surface area (Å²) in [5.74, 6) is -0.531. The third-order valence-corrected chi connectivity index (χ3v) is 3.34. The van der Waals surface area contributed by atoms with Crippen molar-refractivity contribution in [2.75, 3.05) is 0 Å². The number of benzene rings is 1. The molecular formula is C10H7N3O4S2. The molecule has 2 aromatic rings. The van der Waals surface area contributed by atoms with E-state index in [4.69, 9.17) is 12.2 Å². The molecular weight excluding hydrogens is 290 g/mol. The first-order valence-electron chi connectivity index (χ1n) is 4.90. The van der Waals surface area contributed by atoms with Crippen molar-refractivity contribution in [2.24, 2.45) is 5.10 Å². The minimum Gasteiger partial charge on any atom is -0.502 e. The van der Waals surface area contributed by atoms with E-state index < -0.39 is 16.4 Å². The van der Waals surface area contributed by atoms with E-state index >= 15 is 0 Å². The maximum absolute atomic E-state index is 10.7. The minimum atomic E-state index is -0.694. The van der Waals surface area contributed by atoms with Crippen molar-refractivity contribution in [3.63, 3.8) is 0 Å². The molecule has 0 aliphatic carbocycles. The van der Waals surface area contributed by atoms with E-state index in [1.54, 1.807) is 0 Å². The van der Waals surface area contributed by atoms with Crippen LogP contribution in [-0.2, 0) is 0 Å². The van der Waals surface area contributed by atoms with E-state index in [0.717, 1.165) is 16.0 Å². The van der Waals surface area contributed by atoms with Crippen molar-refractivity contribution in [2.45, 2.75) is 0 Å². The van der Waals surface area contributed by atoms with E-state index in [2.05, 4.69) is 5.10 Å². The van der Waals surface area contributed by atoms with E-state index in [-0.39, 0.29) is 5.88 Å². The highest BCUT2D eigenvalue weighted by Crippen LogP contribution is 2.25. The number of nitrogens with zero attached hydrogens (tertiary/aromatic N) is 3. The molecule has 98 valence electrons. The average Bonchev–Trinajstić information content (AvgIpc) is 2.68. The number of rotatable bonds is 3. The molecule has 0 spiro atoms. The van der Waals surface area contributed by atoms with Crippen molar-refractivity contribution < 1.29 is 15.1 Å². The molecule has 0 saturated carbocycles. The highest BCUT2D eigenvalue weighted by molar-refractivity contribution is 7.73. The molecule has 0 bridgehead atoms. The Morgan fingerprint density at radius 1 is 1.47 bits per heavy atom. The molecule has 0 radical (unpaired) electrons. The second kappa shape index (κ2) is 5.16. The summed E-state index contributed by atoms with van der Waals surface area (Å²) >= 11 is 6.08. The van der Waals surface area contributed by atoms with Gasteiger partial charge in [-0.15, -0.1) is 11.3 Å². The fourth-order valence-corrected chi connectivity index (χ4v) is 2.13. The van der Waals surface area contributed by atoms with Crippen LogP contribution in [0.25, 0.3) is 0 Å². The zero-order chi connectivity index (χ0) is 14.0. The van der Waals surface area contributed by atoms with Crippen molar-refractivity contribution in [1.29, 1.82) is 0 Å². The monoisotopic (exact) mass is 297 g/mol. The standard InChI is InChI=1S/C10H7N3O4S2/c14-8-2-1-6(3-7(8)13(16)17)4-11-12-9(15)5-19-10(12)18/h1-5,14-15H/b11-4+. The second-order valence-electron chi connectivity index (χ2n) is 3.42. The lowest BCUT2D eigenvalue weighted by molar-refractivity contribution is -0.385. The summed E-state index contributed by atoms with van der Waals surface area (Å²) in [4.78, 5) is 9.96. The Morgan fingerprint density at radius 3 is 2.79 bits per heavy atom. The summed E-state index contributed by atoms with van der Waals surface area (Å²) in [6, 6.07) is 3.83. The van der Waals surface area contributed by atoms with Crippen LogP contribution in [0.4, 0.5) is 5.69 Å². The van der Waals surface area contributed by atoms with Crippen molar-refractivity contribution in [3.05, 3.63) is 43.2 Å². The van der Waals surface area contributed by atoms with Crippen LogP contribution in [0.2, 0.25) is 0 Å². The van der Waals surface area contributed by atoms with Crippen molar-refractivity contribution in [3.8, 4) is 11.6 Å². The molecule has 0 fully saturated rings. The number of nitro benzene ring substituents is 1. The summed E-state index contributed by atoms with van der Waals surface area (Å²) in [7, 11) is 0. The summed E-state index contributed by atoms with van der Waals surface area (Å²) in [5.41, 5.74) is -0.0147. The minimum absolute atomic E-state index is 0.112. The third kappa shape index (κ3) is 2.77. The summed E-state index contributed by atoms with van der Waals surface area (Å²) in [5, 5.41) is 34.7. The highest BCUT2D eigenvalue weighted by Gasteiger charge is 2.12. The number of hydrogen-bond donors (Lipinski definition) is 2. The van der Waals surface area contributed by atoms with Gasteiger partial charge in [0.25, 0.3) is 0 Å². The summed E-state index contributed by atoms with van der Waals surface area (Å²) in [6.45, 7) is 0. The lowest BCUT2D eigenvalue weighted by Crippen LogP contribution is -1.93. The number of phenols is 1. The molecule has 0 atom stereocenters.